The Morgan fingerprint density at radius 2 is 2.21 bits per heavy atom. The number of aromatic nitrogens is 3. The number of hydrogen-bond donors (Lipinski definition) is 1. The monoisotopic (exact) mass is 274 g/mol. The molecule has 0 amide bonds. The summed E-state index contributed by atoms with van der Waals surface area (Å²) in [7, 11) is 1.78. The van der Waals surface area contributed by atoms with Gasteiger partial charge >= 0.3 is 0 Å². The van der Waals surface area contributed by atoms with Gasteiger partial charge in [0.15, 0.2) is 0 Å². The molecule has 3 aromatic rings. The Bertz CT molecular complexity index is 718. The second kappa shape index (κ2) is 4.44. The van der Waals surface area contributed by atoms with Gasteiger partial charge in [-0.05, 0) is 23.7 Å². The molecule has 0 bridgehead atoms. The van der Waals surface area contributed by atoms with Gasteiger partial charge in [0, 0.05) is 25.0 Å². The number of halogens is 1. The molecular weight excluding hydrogens is 264 g/mol. The molecule has 3 rings (SSSR count). The lowest BCUT2D eigenvalue weighted by atomic mass is 10.0. The third kappa shape index (κ3) is 1.88. The van der Waals surface area contributed by atoms with Crippen molar-refractivity contribution < 1.29 is 4.42 Å². The fourth-order valence-electron chi connectivity index (χ4n) is 1.98. The molecule has 0 saturated heterocycles. The van der Waals surface area contributed by atoms with E-state index in [1.165, 1.54) is 6.26 Å². The lowest BCUT2D eigenvalue weighted by Gasteiger charge is -2.02. The minimum atomic E-state index is 0.295. The van der Waals surface area contributed by atoms with Crippen LogP contribution in [0.5, 0.6) is 0 Å². The third-order valence-corrected chi connectivity index (χ3v) is 3.21. The highest BCUT2D eigenvalue weighted by atomic mass is 35.5. The maximum absolute atomic E-state index is 6.09. The van der Waals surface area contributed by atoms with Crippen molar-refractivity contribution in [2.24, 2.45) is 7.05 Å². The minimum absolute atomic E-state index is 0.295. The third-order valence-electron chi connectivity index (χ3n) is 2.91. The summed E-state index contributed by atoms with van der Waals surface area (Å²) in [5.41, 5.74) is 9.19. The smallest absolute Gasteiger partial charge is 0.202 e. The molecule has 0 spiro atoms. The van der Waals surface area contributed by atoms with E-state index in [1.807, 2.05) is 12.1 Å². The van der Waals surface area contributed by atoms with Gasteiger partial charge in [-0.25, -0.2) is 0 Å². The summed E-state index contributed by atoms with van der Waals surface area (Å²) in [6.07, 6.45) is 4.97. The number of pyridine rings is 1. The zero-order valence-electron chi connectivity index (χ0n) is 10.2. The highest BCUT2D eigenvalue weighted by Crippen LogP contribution is 2.38. The average molecular weight is 275 g/mol. The van der Waals surface area contributed by atoms with Crippen molar-refractivity contribution in [1.82, 2.24) is 14.8 Å². The average Bonchev–Trinajstić information content (AvgIpc) is 2.96. The fourth-order valence-corrected chi connectivity index (χ4v) is 2.19. The number of nitrogens with zero attached hydrogens (tertiary/aromatic N) is 3. The van der Waals surface area contributed by atoms with Gasteiger partial charge in [0.05, 0.1) is 17.4 Å². The summed E-state index contributed by atoms with van der Waals surface area (Å²) in [6.45, 7) is 0. The van der Waals surface area contributed by atoms with Crippen LogP contribution in [0.15, 0.2) is 41.3 Å². The lowest BCUT2D eigenvalue weighted by molar-refractivity contribution is 0.570. The zero-order valence-corrected chi connectivity index (χ0v) is 10.9. The second-order valence-corrected chi connectivity index (χ2v) is 4.43. The van der Waals surface area contributed by atoms with Gasteiger partial charge in [-0.3, -0.25) is 9.67 Å². The molecule has 0 aromatic carbocycles. The molecule has 0 unspecified atom stereocenters. The Morgan fingerprint density at radius 1 is 1.37 bits per heavy atom. The van der Waals surface area contributed by atoms with Crippen LogP contribution in [0.2, 0.25) is 5.22 Å². The molecule has 3 aromatic heterocycles. The van der Waals surface area contributed by atoms with Gasteiger partial charge in [-0.1, -0.05) is 6.07 Å². The fraction of sp³-hybridized carbons (Fsp3) is 0.0769. The van der Waals surface area contributed by atoms with E-state index in [4.69, 9.17) is 21.8 Å². The topological polar surface area (TPSA) is 69.9 Å². The first-order valence-electron chi connectivity index (χ1n) is 5.64. The summed E-state index contributed by atoms with van der Waals surface area (Å²) in [5.74, 6) is 0.556. The van der Waals surface area contributed by atoms with E-state index in [0.29, 0.717) is 22.3 Å². The summed E-state index contributed by atoms with van der Waals surface area (Å²) in [5, 5.41) is 4.70. The molecule has 2 N–H and O–H groups in total. The number of furan rings is 1. The number of nitrogens with two attached hydrogens (primary N) is 1. The van der Waals surface area contributed by atoms with Crippen LogP contribution >= 0.6 is 11.6 Å². The van der Waals surface area contributed by atoms with E-state index < -0.39 is 0 Å². The normalized spacial score (nSPS) is 10.8. The largest absolute Gasteiger partial charge is 0.452 e. The maximum atomic E-state index is 6.09. The van der Waals surface area contributed by atoms with Crippen molar-refractivity contribution in [1.29, 1.82) is 0 Å². The van der Waals surface area contributed by atoms with E-state index in [2.05, 4.69) is 10.1 Å². The summed E-state index contributed by atoms with van der Waals surface area (Å²) in [6, 6.07) is 5.55. The van der Waals surface area contributed by atoms with Crippen molar-refractivity contribution in [2.45, 2.75) is 0 Å². The Morgan fingerprint density at radius 3 is 2.84 bits per heavy atom. The number of rotatable bonds is 2. The van der Waals surface area contributed by atoms with Crippen LogP contribution in [0.25, 0.3) is 22.4 Å². The van der Waals surface area contributed by atoms with Crippen molar-refractivity contribution in [3.63, 3.8) is 0 Å². The van der Waals surface area contributed by atoms with Gasteiger partial charge in [0.2, 0.25) is 5.22 Å². The minimum Gasteiger partial charge on any atom is -0.452 e. The molecular formula is C13H11ClN4O. The van der Waals surface area contributed by atoms with Gasteiger partial charge in [0.1, 0.15) is 11.5 Å². The van der Waals surface area contributed by atoms with Crippen molar-refractivity contribution in [2.75, 3.05) is 5.73 Å². The lowest BCUT2D eigenvalue weighted by Crippen LogP contribution is -1.98. The number of nitrogen functional groups attached to an aromatic ring is 1. The molecule has 3 heterocycles. The quantitative estimate of drug-likeness (QED) is 0.780. The maximum Gasteiger partial charge on any atom is 0.202 e. The zero-order chi connectivity index (χ0) is 13.4. The summed E-state index contributed by atoms with van der Waals surface area (Å²) >= 11 is 6.02. The molecule has 96 valence electrons. The van der Waals surface area contributed by atoms with Crippen LogP contribution in [0, 0.1) is 0 Å². The summed E-state index contributed by atoms with van der Waals surface area (Å²) in [4.78, 5) is 4.11. The molecule has 19 heavy (non-hydrogen) atoms. The van der Waals surface area contributed by atoms with Crippen LogP contribution in [-0.2, 0) is 7.05 Å². The number of anilines is 1. The standard InChI is InChI=1S/C13H11ClN4O/c1-18-13(15)10(8-3-2-5-16-7-8)11(17-18)9-4-6-19-12(9)14/h2-7H,15H2,1H3. The molecule has 0 aliphatic carbocycles. The predicted molar refractivity (Wildman–Crippen MR) is 73.6 cm³/mol. The molecule has 0 aliphatic heterocycles. The summed E-state index contributed by atoms with van der Waals surface area (Å²) < 4.78 is 6.73. The number of hydrogen-bond acceptors (Lipinski definition) is 4. The Balaban J connectivity index is 2.28. The van der Waals surface area contributed by atoms with Crippen molar-refractivity contribution >= 4 is 17.4 Å². The van der Waals surface area contributed by atoms with Crippen molar-refractivity contribution in [3.05, 3.63) is 42.1 Å². The van der Waals surface area contributed by atoms with Gasteiger partial charge in [0.25, 0.3) is 0 Å². The van der Waals surface area contributed by atoms with E-state index >= 15 is 0 Å². The Labute approximate surface area is 114 Å². The predicted octanol–water partition coefficient (Wildman–Crippen LogP) is 2.98. The first-order chi connectivity index (χ1) is 9.18. The van der Waals surface area contributed by atoms with Gasteiger partial charge in [-0.15, -0.1) is 0 Å². The first-order valence-corrected chi connectivity index (χ1v) is 6.02. The van der Waals surface area contributed by atoms with Crippen molar-refractivity contribution in [3.8, 4) is 22.4 Å². The van der Waals surface area contributed by atoms with E-state index in [0.717, 1.165) is 11.1 Å². The molecule has 5 nitrogen and oxygen atoms in total. The Hall–Kier alpha value is -2.27. The van der Waals surface area contributed by atoms with Gasteiger partial charge < -0.3 is 10.2 Å². The second-order valence-electron chi connectivity index (χ2n) is 4.08. The van der Waals surface area contributed by atoms with Crippen LogP contribution in [-0.4, -0.2) is 14.8 Å². The van der Waals surface area contributed by atoms with E-state index in [-0.39, 0.29) is 0 Å². The molecule has 6 heteroatoms. The van der Waals surface area contributed by atoms with Crippen LogP contribution < -0.4 is 5.73 Å². The molecule has 0 saturated carbocycles. The van der Waals surface area contributed by atoms with Crippen LogP contribution in [0.4, 0.5) is 5.82 Å². The molecule has 0 aliphatic rings. The van der Waals surface area contributed by atoms with Gasteiger partial charge in [-0.2, -0.15) is 5.10 Å². The van der Waals surface area contributed by atoms with E-state index in [9.17, 15) is 0 Å². The first kappa shape index (κ1) is 11.8. The molecule has 0 radical (unpaired) electrons. The van der Waals surface area contributed by atoms with Crippen LogP contribution in [0.3, 0.4) is 0 Å². The Kier molecular flexibility index (Phi) is 2.76. The molecule has 0 atom stereocenters. The highest BCUT2D eigenvalue weighted by molar-refractivity contribution is 6.31. The SMILES string of the molecule is Cn1nc(-c2ccoc2Cl)c(-c2cccnc2)c1N. The van der Waals surface area contributed by atoms with Crippen LogP contribution in [0.1, 0.15) is 0 Å². The van der Waals surface area contributed by atoms with E-state index in [1.54, 1.807) is 30.2 Å². The number of aryl methyl sites for hydroxylation is 1. The highest BCUT2D eigenvalue weighted by Gasteiger charge is 2.20. The molecule has 0 fully saturated rings.